The third kappa shape index (κ3) is 4.27. The van der Waals surface area contributed by atoms with Gasteiger partial charge in [0.1, 0.15) is 0 Å². The minimum Gasteiger partial charge on any atom is -0.374 e. The van der Waals surface area contributed by atoms with Crippen LogP contribution < -0.4 is 5.32 Å². The number of piperidine rings is 1. The predicted octanol–water partition coefficient (Wildman–Crippen LogP) is 4.13. The van der Waals surface area contributed by atoms with Gasteiger partial charge in [0, 0.05) is 24.7 Å². The molecule has 0 bridgehead atoms. The molecule has 1 aliphatic heterocycles. The lowest BCUT2D eigenvalue weighted by Crippen LogP contribution is -2.41. The Kier molecular flexibility index (Phi) is 5.33. The van der Waals surface area contributed by atoms with E-state index in [0.29, 0.717) is 12.5 Å². The number of amides is 1. The molecule has 0 atom stereocenters. The van der Waals surface area contributed by atoms with Crippen LogP contribution in [0, 0.1) is 5.92 Å². The summed E-state index contributed by atoms with van der Waals surface area (Å²) in [6.07, 6.45) is 5.06. The molecule has 4 heteroatoms. The third-order valence-corrected chi connectivity index (χ3v) is 5.40. The molecular weight excluding hydrogens is 334 g/mol. The van der Waals surface area contributed by atoms with Crippen molar-refractivity contribution in [1.29, 1.82) is 0 Å². The summed E-state index contributed by atoms with van der Waals surface area (Å²) in [4.78, 5) is 19.0. The standard InChI is InChI=1S/C23H25N3O/c27-22(17-25-21-10-4-8-20-9-5-13-24-23(20)21)26-14-11-19(12-15-26)16-18-6-2-1-3-7-18/h1-10,13,19,25H,11-12,14-17H2. The van der Waals surface area contributed by atoms with E-state index in [1.807, 2.05) is 35.2 Å². The van der Waals surface area contributed by atoms with Crippen molar-refractivity contribution < 1.29 is 4.79 Å². The second-order valence-corrected chi connectivity index (χ2v) is 7.25. The Labute approximate surface area is 160 Å². The van der Waals surface area contributed by atoms with Crippen LogP contribution in [0.3, 0.4) is 0 Å². The Balaban J connectivity index is 1.29. The molecule has 0 aliphatic carbocycles. The van der Waals surface area contributed by atoms with Crippen LogP contribution in [0.15, 0.2) is 66.9 Å². The number of carbonyl (C=O) groups is 1. The van der Waals surface area contributed by atoms with Gasteiger partial charge in [-0.15, -0.1) is 0 Å². The van der Waals surface area contributed by atoms with E-state index in [-0.39, 0.29) is 5.91 Å². The van der Waals surface area contributed by atoms with Crippen LogP contribution in [-0.4, -0.2) is 35.4 Å². The number of fused-ring (bicyclic) bond motifs is 1. The molecule has 4 nitrogen and oxygen atoms in total. The van der Waals surface area contributed by atoms with Crippen LogP contribution in [0.25, 0.3) is 10.9 Å². The van der Waals surface area contributed by atoms with Crippen LogP contribution in [0.2, 0.25) is 0 Å². The van der Waals surface area contributed by atoms with Gasteiger partial charge in [-0.2, -0.15) is 0 Å². The van der Waals surface area contributed by atoms with E-state index in [9.17, 15) is 4.79 Å². The van der Waals surface area contributed by atoms with Crippen molar-refractivity contribution in [3.8, 4) is 0 Å². The van der Waals surface area contributed by atoms with E-state index in [4.69, 9.17) is 0 Å². The monoisotopic (exact) mass is 359 g/mol. The third-order valence-electron chi connectivity index (χ3n) is 5.40. The number of nitrogens with one attached hydrogen (secondary N) is 1. The number of benzene rings is 2. The van der Waals surface area contributed by atoms with Gasteiger partial charge >= 0.3 is 0 Å². The molecule has 0 radical (unpaired) electrons. The van der Waals surface area contributed by atoms with Crippen LogP contribution in [0.4, 0.5) is 5.69 Å². The average Bonchev–Trinajstić information content (AvgIpc) is 2.73. The van der Waals surface area contributed by atoms with Gasteiger partial charge in [-0.25, -0.2) is 0 Å². The fourth-order valence-corrected chi connectivity index (χ4v) is 3.86. The summed E-state index contributed by atoms with van der Waals surface area (Å²) in [6, 6.07) is 20.6. The van der Waals surface area contributed by atoms with Gasteiger partial charge in [0.05, 0.1) is 17.7 Å². The van der Waals surface area contributed by atoms with Crippen molar-refractivity contribution in [1.82, 2.24) is 9.88 Å². The number of rotatable bonds is 5. The molecule has 1 aliphatic rings. The summed E-state index contributed by atoms with van der Waals surface area (Å²) in [5.74, 6) is 0.841. The number of anilines is 1. The number of aromatic nitrogens is 1. The molecule has 1 aromatic heterocycles. The minimum atomic E-state index is 0.168. The Morgan fingerprint density at radius 2 is 1.78 bits per heavy atom. The highest BCUT2D eigenvalue weighted by Crippen LogP contribution is 2.23. The molecule has 1 saturated heterocycles. The maximum absolute atomic E-state index is 12.6. The van der Waals surface area contributed by atoms with Crippen molar-refractivity contribution in [2.75, 3.05) is 25.0 Å². The number of hydrogen-bond acceptors (Lipinski definition) is 3. The second-order valence-electron chi connectivity index (χ2n) is 7.25. The lowest BCUT2D eigenvalue weighted by atomic mass is 9.90. The topological polar surface area (TPSA) is 45.2 Å². The quantitative estimate of drug-likeness (QED) is 0.745. The number of carbonyl (C=O) groups excluding carboxylic acids is 1. The number of nitrogens with zero attached hydrogens (tertiary/aromatic N) is 2. The first-order chi connectivity index (χ1) is 13.3. The molecule has 1 fully saturated rings. The van der Waals surface area contributed by atoms with Gasteiger partial charge in [0.15, 0.2) is 0 Å². The van der Waals surface area contributed by atoms with Crippen molar-refractivity contribution in [3.05, 3.63) is 72.4 Å². The van der Waals surface area contributed by atoms with Crippen molar-refractivity contribution in [3.63, 3.8) is 0 Å². The highest BCUT2D eigenvalue weighted by atomic mass is 16.2. The summed E-state index contributed by atoms with van der Waals surface area (Å²) in [7, 11) is 0. The van der Waals surface area contributed by atoms with Crippen LogP contribution in [0.5, 0.6) is 0 Å². The summed E-state index contributed by atoms with van der Waals surface area (Å²) in [5.41, 5.74) is 3.22. The lowest BCUT2D eigenvalue weighted by Gasteiger charge is -2.32. The van der Waals surface area contributed by atoms with Crippen molar-refractivity contribution in [2.45, 2.75) is 19.3 Å². The SMILES string of the molecule is O=C(CNc1cccc2cccnc12)N1CCC(Cc2ccccc2)CC1. The zero-order chi connectivity index (χ0) is 18.5. The highest BCUT2D eigenvalue weighted by Gasteiger charge is 2.22. The molecule has 1 N–H and O–H groups in total. The zero-order valence-electron chi connectivity index (χ0n) is 15.5. The first kappa shape index (κ1) is 17.5. The van der Waals surface area contributed by atoms with Gasteiger partial charge in [0.2, 0.25) is 5.91 Å². The Morgan fingerprint density at radius 1 is 1.00 bits per heavy atom. The summed E-state index contributed by atoms with van der Waals surface area (Å²) < 4.78 is 0. The lowest BCUT2D eigenvalue weighted by molar-refractivity contribution is -0.130. The zero-order valence-corrected chi connectivity index (χ0v) is 15.5. The van der Waals surface area contributed by atoms with Gasteiger partial charge in [-0.05, 0) is 42.9 Å². The smallest absolute Gasteiger partial charge is 0.241 e. The highest BCUT2D eigenvalue weighted by molar-refractivity contribution is 5.92. The predicted molar refractivity (Wildman–Crippen MR) is 110 cm³/mol. The molecule has 2 heterocycles. The molecule has 0 saturated carbocycles. The minimum absolute atomic E-state index is 0.168. The van der Waals surface area contributed by atoms with Crippen molar-refractivity contribution >= 4 is 22.5 Å². The largest absolute Gasteiger partial charge is 0.374 e. The van der Waals surface area contributed by atoms with E-state index < -0.39 is 0 Å². The van der Waals surface area contributed by atoms with E-state index in [0.717, 1.165) is 48.9 Å². The maximum atomic E-state index is 12.6. The van der Waals surface area contributed by atoms with Gasteiger partial charge < -0.3 is 10.2 Å². The summed E-state index contributed by atoms with van der Waals surface area (Å²) >= 11 is 0. The van der Waals surface area contributed by atoms with Crippen LogP contribution in [-0.2, 0) is 11.2 Å². The van der Waals surface area contributed by atoms with Crippen LogP contribution >= 0.6 is 0 Å². The second kappa shape index (κ2) is 8.21. The molecule has 27 heavy (non-hydrogen) atoms. The normalized spacial score (nSPS) is 15.0. The fourth-order valence-electron chi connectivity index (χ4n) is 3.86. The number of likely N-dealkylation sites (tertiary alicyclic amines) is 1. The summed E-state index contributed by atoms with van der Waals surface area (Å²) in [6.45, 7) is 2.02. The molecule has 4 rings (SSSR count). The van der Waals surface area contributed by atoms with Crippen molar-refractivity contribution in [2.24, 2.45) is 5.92 Å². The van der Waals surface area contributed by atoms with E-state index >= 15 is 0 Å². The average molecular weight is 359 g/mol. The first-order valence-electron chi connectivity index (χ1n) is 9.69. The van der Waals surface area contributed by atoms with Gasteiger partial charge in [-0.3, -0.25) is 9.78 Å². The fraction of sp³-hybridized carbons (Fsp3) is 0.304. The molecular formula is C23H25N3O. The van der Waals surface area contributed by atoms with Gasteiger partial charge in [-0.1, -0.05) is 48.5 Å². The van der Waals surface area contributed by atoms with E-state index in [1.54, 1.807) is 6.20 Å². The molecule has 0 unspecified atom stereocenters. The number of para-hydroxylation sites is 1. The van der Waals surface area contributed by atoms with E-state index in [2.05, 4.69) is 40.6 Å². The first-order valence-corrected chi connectivity index (χ1v) is 9.69. The maximum Gasteiger partial charge on any atom is 0.241 e. The number of hydrogen-bond donors (Lipinski definition) is 1. The van der Waals surface area contributed by atoms with Gasteiger partial charge in [0.25, 0.3) is 0 Å². The molecule has 0 spiro atoms. The Hall–Kier alpha value is -2.88. The molecule has 1 amide bonds. The van der Waals surface area contributed by atoms with Crippen LogP contribution in [0.1, 0.15) is 18.4 Å². The number of pyridine rings is 1. The molecule has 3 aromatic rings. The summed E-state index contributed by atoms with van der Waals surface area (Å²) in [5, 5.41) is 4.36. The molecule has 2 aromatic carbocycles. The van der Waals surface area contributed by atoms with E-state index in [1.165, 1.54) is 5.56 Å². The Morgan fingerprint density at radius 3 is 2.59 bits per heavy atom. The Bertz CT molecular complexity index is 896. The molecule has 138 valence electrons.